The van der Waals surface area contributed by atoms with Gasteiger partial charge in [0.15, 0.2) is 0 Å². The van der Waals surface area contributed by atoms with Crippen LogP contribution in [0.3, 0.4) is 0 Å². The lowest BCUT2D eigenvalue weighted by molar-refractivity contribution is -0.137. The Hall–Kier alpha value is -3.69. The Kier molecular flexibility index (Phi) is 6.90. The van der Waals surface area contributed by atoms with Crippen LogP contribution in [0.5, 0.6) is 0 Å². The number of piperidine rings is 1. The van der Waals surface area contributed by atoms with Crippen molar-refractivity contribution in [1.29, 1.82) is 0 Å². The van der Waals surface area contributed by atoms with Crippen LogP contribution in [0.25, 0.3) is 10.9 Å². The van der Waals surface area contributed by atoms with Crippen LogP contribution in [-0.4, -0.2) is 39.4 Å². The fraction of sp³-hybridized carbons (Fsp3) is 0.360. The molecule has 1 saturated heterocycles. The van der Waals surface area contributed by atoms with Gasteiger partial charge < -0.3 is 10.2 Å². The number of nitrogens with zero attached hydrogens (tertiary/aromatic N) is 3. The number of fused-ring (bicyclic) bond motifs is 1. The zero-order valence-corrected chi connectivity index (χ0v) is 19.1. The van der Waals surface area contributed by atoms with Gasteiger partial charge in [0.1, 0.15) is 6.54 Å². The molecule has 2 heterocycles. The van der Waals surface area contributed by atoms with E-state index in [1.54, 1.807) is 13.0 Å². The molecule has 0 aliphatic carbocycles. The summed E-state index contributed by atoms with van der Waals surface area (Å²) < 4.78 is 39.2. The van der Waals surface area contributed by atoms with E-state index in [2.05, 4.69) is 10.3 Å². The summed E-state index contributed by atoms with van der Waals surface area (Å²) in [5, 5.41) is 3.03. The molecule has 1 aromatic heterocycles. The number of carbonyl (C=O) groups is 2. The molecule has 10 heteroatoms. The number of amides is 2. The monoisotopic (exact) mass is 486 g/mol. The minimum atomic E-state index is -4.42. The Morgan fingerprint density at radius 3 is 2.40 bits per heavy atom. The summed E-state index contributed by atoms with van der Waals surface area (Å²) in [4.78, 5) is 43.1. The number of nitrogens with one attached hydrogen (secondary N) is 1. The molecule has 0 spiro atoms. The molecule has 1 aliphatic heterocycles. The molecule has 1 fully saturated rings. The Morgan fingerprint density at radius 2 is 1.77 bits per heavy atom. The summed E-state index contributed by atoms with van der Waals surface area (Å²) in [6.07, 6.45) is -1.48. The molecule has 4 rings (SSSR count). The van der Waals surface area contributed by atoms with Crippen LogP contribution in [0.15, 0.2) is 53.6 Å². The minimum absolute atomic E-state index is 0.0375. The van der Waals surface area contributed by atoms with E-state index in [-0.39, 0.29) is 30.5 Å². The number of likely N-dealkylation sites (tertiary alicyclic amines) is 1. The van der Waals surface area contributed by atoms with Crippen LogP contribution in [-0.2, 0) is 28.9 Å². The fourth-order valence-electron chi connectivity index (χ4n) is 4.29. The standard InChI is InChI=1S/C25H25F3N4O3/c1-16(33)31-10-8-18(9-11-31)19-4-7-22-21(12-19)24(35)32(15-30-22)14-23(34)29-13-17-2-5-20(6-3-17)25(26,27)28/h2-7,12,15,18H,8-11,13-14H2,1H3,(H,29,34). The molecule has 0 unspecified atom stereocenters. The molecule has 2 amide bonds. The van der Waals surface area contributed by atoms with Gasteiger partial charge in [0.25, 0.3) is 5.56 Å². The van der Waals surface area contributed by atoms with E-state index < -0.39 is 17.6 Å². The zero-order chi connectivity index (χ0) is 25.2. The second-order valence-electron chi connectivity index (χ2n) is 8.71. The molecule has 35 heavy (non-hydrogen) atoms. The van der Waals surface area contributed by atoms with E-state index in [4.69, 9.17) is 0 Å². The maximum Gasteiger partial charge on any atom is 0.416 e. The van der Waals surface area contributed by atoms with E-state index in [0.29, 0.717) is 29.6 Å². The van der Waals surface area contributed by atoms with Gasteiger partial charge in [0, 0.05) is 26.6 Å². The average molecular weight is 486 g/mol. The van der Waals surface area contributed by atoms with Crippen molar-refractivity contribution in [2.75, 3.05) is 13.1 Å². The molecule has 1 aliphatic rings. The first-order valence-electron chi connectivity index (χ1n) is 11.3. The minimum Gasteiger partial charge on any atom is -0.350 e. The normalized spacial score (nSPS) is 14.8. The Bertz CT molecular complexity index is 1290. The summed E-state index contributed by atoms with van der Waals surface area (Å²) in [6, 6.07) is 10.1. The molecule has 0 atom stereocenters. The van der Waals surface area contributed by atoms with Crippen molar-refractivity contribution >= 4 is 22.7 Å². The molecule has 3 aromatic rings. The number of rotatable bonds is 5. The molecule has 184 valence electrons. The van der Waals surface area contributed by atoms with Gasteiger partial charge in [-0.25, -0.2) is 4.98 Å². The predicted molar refractivity (Wildman–Crippen MR) is 124 cm³/mol. The Morgan fingerprint density at radius 1 is 1.09 bits per heavy atom. The number of alkyl halides is 3. The third-order valence-corrected chi connectivity index (χ3v) is 6.34. The topological polar surface area (TPSA) is 84.3 Å². The lowest BCUT2D eigenvalue weighted by Gasteiger charge is -2.31. The highest BCUT2D eigenvalue weighted by atomic mass is 19.4. The third-order valence-electron chi connectivity index (χ3n) is 6.34. The van der Waals surface area contributed by atoms with Crippen LogP contribution >= 0.6 is 0 Å². The highest BCUT2D eigenvalue weighted by Crippen LogP contribution is 2.30. The zero-order valence-electron chi connectivity index (χ0n) is 19.1. The van der Waals surface area contributed by atoms with E-state index >= 15 is 0 Å². The number of benzene rings is 2. The lowest BCUT2D eigenvalue weighted by Crippen LogP contribution is -2.36. The first kappa shape index (κ1) is 24.4. The summed E-state index contributed by atoms with van der Waals surface area (Å²) in [6.45, 7) is 2.69. The van der Waals surface area contributed by atoms with Crippen molar-refractivity contribution in [1.82, 2.24) is 19.8 Å². The van der Waals surface area contributed by atoms with E-state index in [0.717, 1.165) is 30.5 Å². The van der Waals surface area contributed by atoms with Crippen LogP contribution in [0, 0.1) is 0 Å². The molecular formula is C25H25F3N4O3. The van der Waals surface area contributed by atoms with Gasteiger partial charge >= 0.3 is 6.18 Å². The number of hydrogen-bond donors (Lipinski definition) is 1. The Labute approximate surface area is 199 Å². The maximum absolute atomic E-state index is 13.0. The SMILES string of the molecule is CC(=O)N1CCC(c2ccc3ncn(CC(=O)NCc4ccc(C(F)(F)F)cc4)c(=O)c3c2)CC1. The number of carbonyl (C=O) groups excluding carboxylic acids is 2. The van der Waals surface area contributed by atoms with Crippen molar-refractivity contribution in [2.45, 2.75) is 44.9 Å². The smallest absolute Gasteiger partial charge is 0.350 e. The van der Waals surface area contributed by atoms with Crippen molar-refractivity contribution in [3.63, 3.8) is 0 Å². The van der Waals surface area contributed by atoms with Gasteiger partial charge in [-0.2, -0.15) is 13.2 Å². The fourth-order valence-corrected chi connectivity index (χ4v) is 4.29. The second kappa shape index (κ2) is 9.89. The predicted octanol–water partition coefficient (Wildman–Crippen LogP) is 3.46. The van der Waals surface area contributed by atoms with E-state index in [1.165, 1.54) is 23.0 Å². The van der Waals surface area contributed by atoms with E-state index in [1.807, 2.05) is 17.0 Å². The molecule has 2 aromatic carbocycles. The molecule has 0 saturated carbocycles. The molecular weight excluding hydrogens is 461 g/mol. The summed E-state index contributed by atoms with van der Waals surface area (Å²) >= 11 is 0. The van der Waals surface area contributed by atoms with Crippen molar-refractivity contribution in [3.8, 4) is 0 Å². The number of hydrogen-bond acceptors (Lipinski definition) is 4. The average Bonchev–Trinajstić information content (AvgIpc) is 2.84. The summed E-state index contributed by atoms with van der Waals surface area (Å²) in [5.74, 6) is -0.165. The maximum atomic E-state index is 13.0. The molecule has 1 N–H and O–H groups in total. The van der Waals surface area contributed by atoms with Crippen LogP contribution in [0.4, 0.5) is 13.2 Å². The molecule has 0 bridgehead atoms. The van der Waals surface area contributed by atoms with Crippen LogP contribution < -0.4 is 10.9 Å². The quantitative estimate of drug-likeness (QED) is 0.599. The van der Waals surface area contributed by atoms with Gasteiger partial charge in [-0.05, 0) is 54.2 Å². The third kappa shape index (κ3) is 5.70. The van der Waals surface area contributed by atoms with Gasteiger partial charge in [-0.1, -0.05) is 18.2 Å². The summed E-state index contributed by atoms with van der Waals surface area (Å²) in [5.41, 5.74) is 0.939. The highest BCUT2D eigenvalue weighted by molar-refractivity contribution is 5.79. The second-order valence-corrected chi connectivity index (χ2v) is 8.71. The lowest BCUT2D eigenvalue weighted by atomic mass is 9.89. The van der Waals surface area contributed by atoms with Gasteiger partial charge in [0.2, 0.25) is 11.8 Å². The Balaban J connectivity index is 1.43. The van der Waals surface area contributed by atoms with Crippen LogP contribution in [0.1, 0.15) is 42.4 Å². The first-order valence-corrected chi connectivity index (χ1v) is 11.3. The van der Waals surface area contributed by atoms with Gasteiger partial charge in [0.05, 0.1) is 22.8 Å². The van der Waals surface area contributed by atoms with Gasteiger partial charge in [-0.3, -0.25) is 19.0 Å². The van der Waals surface area contributed by atoms with Gasteiger partial charge in [-0.15, -0.1) is 0 Å². The van der Waals surface area contributed by atoms with E-state index in [9.17, 15) is 27.6 Å². The molecule has 0 radical (unpaired) electrons. The van der Waals surface area contributed by atoms with Crippen LogP contribution in [0.2, 0.25) is 0 Å². The largest absolute Gasteiger partial charge is 0.416 e. The number of aromatic nitrogens is 2. The summed E-state index contributed by atoms with van der Waals surface area (Å²) in [7, 11) is 0. The first-order chi connectivity index (χ1) is 16.6. The highest BCUT2D eigenvalue weighted by Gasteiger charge is 2.30. The molecule has 7 nitrogen and oxygen atoms in total. The van der Waals surface area contributed by atoms with Crippen molar-refractivity contribution in [3.05, 3.63) is 75.8 Å². The van der Waals surface area contributed by atoms with Crippen molar-refractivity contribution < 1.29 is 22.8 Å². The van der Waals surface area contributed by atoms with Crippen molar-refractivity contribution in [2.24, 2.45) is 0 Å². The number of halogens is 3.